The highest BCUT2D eigenvalue weighted by molar-refractivity contribution is 6.30. The first-order valence-electron chi connectivity index (χ1n) is 9.72. The van der Waals surface area contributed by atoms with E-state index in [9.17, 15) is 9.59 Å². The number of benzene rings is 2. The second kappa shape index (κ2) is 9.67. The van der Waals surface area contributed by atoms with Gasteiger partial charge in [-0.05, 0) is 61.9 Å². The topological polar surface area (TPSA) is 76.7 Å². The van der Waals surface area contributed by atoms with Crippen molar-refractivity contribution in [3.05, 3.63) is 70.9 Å². The van der Waals surface area contributed by atoms with E-state index in [0.29, 0.717) is 36.0 Å². The Hall–Kier alpha value is -2.99. The Bertz CT molecular complexity index is 942. The zero-order valence-corrected chi connectivity index (χ0v) is 17.8. The van der Waals surface area contributed by atoms with Gasteiger partial charge >= 0.3 is 0 Å². The van der Waals surface area contributed by atoms with Crippen LogP contribution in [-0.4, -0.2) is 31.6 Å². The largest absolute Gasteiger partial charge is 0.492 e. The highest BCUT2D eigenvalue weighted by Crippen LogP contribution is 2.37. The molecule has 2 amide bonds. The maximum atomic E-state index is 12.4. The standard InChI is InChI=1S/C23H25ClN2O4/c1-16-4-3-5-20(12-16)29-11-10-25-22(28)23(2)13-18(14-23)26-21(27)15-30-19-8-6-17(24)7-9-19/h3-9,12-13H,10-11,14-15H2,1-2H3,(H,25,28)(H,26,27). The fraction of sp³-hybridized carbons (Fsp3) is 0.304. The number of hydrogen-bond donors (Lipinski definition) is 2. The molecule has 0 spiro atoms. The van der Waals surface area contributed by atoms with Crippen LogP contribution < -0.4 is 20.1 Å². The lowest BCUT2D eigenvalue weighted by atomic mass is 9.74. The molecule has 1 unspecified atom stereocenters. The lowest BCUT2D eigenvalue weighted by molar-refractivity contribution is -0.129. The predicted octanol–water partition coefficient (Wildman–Crippen LogP) is 3.63. The molecule has 0 fully saturated rings. The summed E-state index contributed by atoms with van der Waals surface area (Å²) in [5.41, 5.74) is 1.20. The van der Waals surface area contributed by atoms with Gasteiger partial charge in [0.1, 0.15) is 18.1 Å². The SMILES string of the molecule is Cc1cccc(OCCNC(=O)C2(C)C=C(NC(=O)COc3ccc(Cl)cc3)C2)c1. The molecule has 2 N–H and O–H groups in total. The highest BCUT2D eigenvalue weighted by atomic mass is 35.5. The van der Waals surface area contributed by atoms with Crippen LogP contribution in [0.15, 0.2) is 60.3 Å². The third kappa shape index (κ3) is 6.00. The first-order chi connectivity index (χ1) is 14.3. The molecule has 30 heavy (non-hydrogen) atoms. The number of amides is 2. The molecule has 1 aliphatic carbocycles. The summed E-state index contributed by atoms with van der Waals surface area (Å²) < 4.78 is 11.0. The minimum absolute atomic E-state index is 0.0919. The van der Waals surface area contributed by atoms with Gasteiger partial charge in [-0.15, -0.1) is 0 Å². The van der Waals surface area contributed by atoms with Crippen molar-refractivity contribution in [3.8, 4) is 11.5 Å². The van der Waals surface area contributed by atoms with E-state index in [4.69, 9.17) is 21.1 Å². The highest BCUT2D eigenvalue weighted by Gasteiger charge is 2.39. The van der Waals surface area contributed by atoms with E-state index in [1.165, 1.54) is 0 Å². The summed E-state index contributed by atoms with van der Waals surface area (Å²) in [6, 6.07) is 14.5. The number of carbonyl (C=O) groups excluding carboxylic acids is 2. The molecule has 2 aromatic carbocycles. The van der Waals surface area contributed by atoms with Crippen molar-refractivity contribution in [2.24, 2.45) is 5.41 Å². The lowest BCUT2D eigenvalue weighted by Gasteiger charge is -2.35. The normalized spacial score (nSPS) is 17.4. The molecule has 0 saturated carbocycles. The first-order valence-corrected chi connectivity index (χ1v) is 10.1. The number of rotatable bonds is 9. The molecule has 7 heteroatoms. The molecule has 0 aromatic heterocycles. The van der Waals surface area contributed by atoms with Crippen molar-refractivity contribution in [3.63, 3.8) is 0 Å². The van der Waals surface area contributed by atoms with E-state index in [0.717, 1.165) is 11.3 Å². The fourth-order valence-corrected chi connectivity index (χ4v) is 3.24. The van der Waals surface area contributed by atoms with Gasteiger partial charge in [0.25, 0.3) is 5.91 Å². The van der Waals surface area contributed by atoms with Crippen LogP contribution in [0, 0.1) is 12.3 Å². The van der Waals surface area contributed by atoms with Gasteiger partial charge in [0, 0.05) is 17.1 Å². The van der Waals surface area contributed by atoms with Crippen molar-refractivity contribution in [2.45, 2.75) is 20.3 Å². The maximum Gasteiger partial charge on any atom is 0.262 e. The second-order valence-corrected chi connectivity index (χ2v) is 7.91. The quantitative estimate of drug-likeness (QED) is 0.598. The van der Waals surface area contributed by atoms with Gasteiger partial charge in [0.2, 0.25) is 5.91 Å². The lowest BCUT2D eigenvalue weighted by Crippen LogP contribution is -2.46. The summed E-state index contributed by atoms with van der Waals surface area (Å²) in [4.78, 5) is 24.4. The Morgan fingerprint density at radius 2 is 1.83 bits per heavy atom. The van der Waals surface area contributed by atoms with Crippen LogP contribution in [0.2, 0.25) is 5.02 Å². The molecule has 6 nitrogen and oxygen atoms in total. The van der Waals surface area contributed by atoms with Gasteiger partial charge in [-0.2, -0.15) is 0 Å². The summed E-state index contributed by atoms with van der Waals surface area (Å²) in [6.45, 7) is 4.52. The second-order valence-electron chi connectivity index (χ2n) is 7.48. The molecule has 3 rings (SSSR count). The molecule has 1 aliphatic rings. The average molecular weight is 429 g/mol. The van der Waals surface area contributed by atoms with Crippen LogP contribution in [0.3, 0.4) is 0 Å². The van der Waals surface area contributed by atoms with E-state index in [1.807, 2.05) is 38.1 Å². The number of ether oxygens (including phenoxy) is 2. The molecule has 158 valence electrons. The number of carbonyl (C=O) groups is 2. The van der Waals surface area contributed by atoms with Gasteiger partial charge in [-0.3, -0.25) is 9.59 Å². The molecule has 1 atom stereocenters. The Balaban J connectivity index is 1.37. The maximum absolute atomic E-state index is 12.4. The molecular formula is C23H25ClN2O4. The number of nitrogens with one attached hydrogen (secondary N) is 2. The number of allylic oxidation sites excluding steroid dienone is 1. The van der Waals surface area contributed by atoms with Crippen LogP contribution in [0.25, 0.3) is 0 Å². The van der Waals surface area contributed by atoms with Crippen molar-refractivity contribution in [2.75, 3.05) is 19.8 Å². The third-order valence-electron chi connectivity index (χ3n) is 4.70. The van der Waals surface area contributed by atoms with Gasteiger partial charge in [0.15, 0.2) is 6.61 Å². The minimum atomic E-state index is -0.636. The molecule has 0 heterocycles. The molecule has 2 aromatic rings. The van der Waals surface area contributed by atoms with E-state index in [-0.39, 0.29) is 18.4 Å². The fourth-order valence-electron chi connectivity index (χ4n) is 3.11. The van der Waals surface area contributed by atoms with Crippen molar-refractivity contribution in [1.29, 1.82) is 0 Å². The van der Waals surface area contributed by atoms with Crippen molar-refractivity contribution >= 4 is 23.4 Å². The zero-order valence-electron chi connectivity index (χ0n) is 17.0. The zero-order chi connectivity index (χ0) is 21.6. The average Bonchev–Trinajstić information content (AvgIpc) is 2.69. The summed E-state index contributed by atoms with van der Waals surface area (Å²) in [5, 5.41) is 6.25. The Morgan fingerprint density at radius 1 is 1.10 bits per heavy atom. The summed E-state index contributed by atoms with van der Waals surface area (Å²) in [7, 11) is 0. The van der Waals surface area contributed by atoms with Crippen LogP contribution in [-0.2, 0) is 9.59 Å². The minimum Gasteiger partial charge on any atom is -0.492 e. The van der Waals surface area contributed by atoms with Crippen LogP contribution in [0.4, 0.5) is 0 Å². The monoisotopic (exact) mass is 428 g/mol. The van der Waals surface area contributed by atoms with Crippen LogP contribution >= 0.6 is 11.6 Å². The first kappa shape index (κ1) is 21.7. The molecule has 0 saturated heterocycles. The van der Waals surface area contributed by atoms with E-state index < -0.39 is 5.41 Å². The van der Waals surface area contributed by atoms with Crippen molar-refractivity contribution in [1.82, 2.24) is 10.6 Å². The Labute approximate surface area is 181 Å². The van der Waals surface area contributed by atoms with Gasteiger partial charge < -0.3 is 20.1 Å². The Morgan fingerprint density at radius 3 is 2.53 bits per heavy atom. The molecule has 0 bridgehead atoms. The number of halogens is 1. The van der Waals surface area contributed by atoms with Crippen molar-refractivity contribution < 1.29 is 19.1 Å². The third-order valence-corrected chi connectivity index (χ3v) is 4.95. The molecule has 0 aliphatic heterocycles. The number of hydrogen-bond acceptors (Lipinski definition) is 4. The van der Waals surface area contributed by atoms with Gasteiger partial charge in [0.05, 0.1) is 12.0 Å². The van der Waals surface area contributed by atoms with E-state index >= 15 is 0 Å². The summed E-state index contributed by atoms with van der Waals surface area (Å²) >= 11 is 5.81. The number of aryl methyl sites for hydroxylation is 1. The summed E-state index contributed by atoms with van der Waals surface area (Å²) in [6.07, 6.45) is 2.23. The Kier molecular flexibility index (Phi) is 7.00. The van der Waals surface area contributed by atoms with E-state index in [2.05, 4.69) is 10.6 Å². The van der Waals surface area contributed by atoms with Gasteiger partial charge in [-0.1, -0.05) is 23.7 Å². The summed E-state index contributed by atoms with van der Waals surface area (Å²) in [5.74, 6) is 0.982. The van der Waals surface area contributed by atoms with Gasteiger partial charge in [-0.25, -0.2) is 0 Å². The van der Waals surface area contributed by atoms with Crippen LogP contribution in [0.5, 0.6) is 11.5 Å². The smallest absolute Gasteiger partial charge is 0.262 e. The predicted molar refractivity (Wildman–Crippen MR) is 116 cm³/mol. The molecular weight excluding hydrogens is 404 g/mol. The molecule has 0 radical (unpaired) electrons. The van der Waals surface area contributed by atoms with Crippen LogP contribution in [0.1, 0.15) is 18.9 Å². The van der Waals surface area contributed by atoms with E-state index in [1.54, 1.807) is 30.3 Å².